The highest BCUT2D eigenvalue weighted by Crippen LogP contribution is 2.34. The molecule has 1 unspecified atom stereocenters. The lowest BCUT2D eigenvalue weighted by Crippen LogP contribution is -2.09. The van der Waals surface area contributed by atoms with Gasteiger partial charge in [0.05, 0.1) is 5.02 Å². The Morgan fingerprint density at radius 1 is 0.905 bits per heavy atom. The fourth-order valence-electron chi connectivity index (χ4n) is 2.56. The molecule has 0 spiro atoms. The molecule has 0 amide bonds. The molecule has 2 aromatic carbocycles. The second-order valence-corrected chi connectivity index (χ2v) is 5.77. The van der Waals surface area contributed by atoms with Crippen molar-refractivity contribution in [2.45, 2.75) is 33.8 Å². The fraction of sp³-hybridized carbons (Fsp3) is 0.294. The highest BCUT2D eigenvalue weighted by molar-refractivity contribution is 6.30. The van der Waals surface area contributed by atoms with Gasteiger partial charge in [0.25, 0.3) is 0 Å². The van der Waals surface area contributed by atoms with Crippen molar-refractivity contribution >= 4 is 11.6 Å². The molecule has 112 valence electrons. The molecule has 0 radical (unpaired) electrons. The Hall–Kier alpha value is -1.45. The first kappa shape index (κ1) is 15.9. The van der Waals surface area contributed by atoms with Crippen LogP contribution in [0.5, 0.6) is 0 Å². The van der Waals surface area contributed by atoms with Gasteiger partial charge in [0.2, 0.25) is 0 Å². The molecule has 21 heavy (non-hydrogen) atoms. The molecular formula is C17H17ClF2O. The van der Waals surface area contributed by atoms with Crippen LogP contribution in [0.15, 0.2) is 18.2 Å². The van der Waals surface area contributed by atoms with Crippen molar-refractivity contribution in [3.8, 4) is 0 Å². The zero-order valence-corrected chi connectivity index (χ0v) is 13.1. The molecule has 1 atom stereocenters. The number of aryl methyl sites for hydroxylation is 2. The van der Waals surface area contributed by atoms with Crippen molar-refractivity contribution in [2.75, 3.05) is 0 Å². The standard InChI is InChI=1S/C17H17ClF2O/c1-8-5-9(2)11(4)16(10(8)3)17(21)12-6-15(20)13(18)7-14(12)19/h5-7,17,21H,1-4H3. The first-order chi connectivity index (χ1) is 9.73. The van der Waals surface area contributed by atoms with Crippen LogP contribution in [0, 0.1) is 39.3 Å². The van der Waals surface area contributed by atoms with Crippen molar-refractivity contribution in [3.63, 3.8) is 0 Å². The lowest BCUT2D eigenvalue weighted by molar-refractivity contribution is 0.212. The van der Waals surface area contributed by atoms with E-state index in [-0.39, 0.29) is 10.6 Å². The molecule has 2 rings (SSSR count). The van der Waals surface area contributed by atoms with Crippen molar-refractivity contribution in [3.05, 3.63) is 68.2 Å². The summed E-state index contributed by atoms with van der Waals surface area (Å²) in [5.74, 6) is -1.46. The second kappa shape index (κ2) is 5.74. The van der Waals surface area contributed by atoms with Crippen molar-refractivity contribution < 1.29 is 13.9 Å². The normalized spacial score (nSPS) is 12.6. The summed E-state index contributed by atoms with van der Waals surface area (Å²) in [6.45, 7) is 7.59. The van der Waals surface area contributed by atoms with Gasteiger partial charge in [0, 0.05) is 5.56 Å². The van der Waals surface area contributed by atoms with E-state index >= 15 is 0 Å². The molecule has 1 nitrogen and oxygen atoms in total. The molecule has 0 heterocycles. The van der Waals surface area contributed by atoms with Gasteiger partial charge in [-0.2, -0.15) is 0 Å². The summed E-state index contributed by atoms with van der Waals surface area (Å²) in [5.41, 5.74) is 4.27. The third-order valence-electron chi connectivity index (χ3n) is 4.03. The van der Waals surface area contributed by atoms with Gasteiger partial charge in [0.1, 0.15) is 17.7 Å². The fourth-order valence-corrected chi connectivity index (χ4v) is 2.71. The van der Waals surface area contributed by atoms with E-state index in [1.165, 1.54) is 0 Å². The van der Waals surface area contributed by atoms with E-state index in [1.54, 1.807) is 0 Å². The molecule has 0 aromatic heterocycles. The van der Waals surface area contributed by atoms with Crippen molar-refractivity contribution in [1.82, 2.24) is 0 Å². The minimum atomic E-state index is -1.23. The van der Waals surface area contributed by atoms with Gasteiger partial charge in [-0.3, -0.25) is 0 Å². The molecule has 0 saturated carbocycles. The monoisotopic (exact) mass is 310 g/mol. The molecule has 0 aliphatic rings. The van der Waals surface area contributed by atoms with E-state index in [4.69, 9.17) is 11.6 Å². The van der Waals surface area contributed by atoms with Gasteiger partial charge in [-0.25, -0.2) is 8.78 Å². The average molecular weight is 311 g/mol. The molecule has 1 N–H and O–H groups in total. The summed E-state index contributed by atoms with van der Waals surface area (Å²) in [5, 5.41) is 10.3. The Labute approximate surface area is 128 Å². The summed E-state index contributed by atoms with van der Waals surface area (Å²) in [7, 11) is 0. The summed E-state index contributed by atoms with van der Waals surface area (Å²) >= 11 is 5.55. The molecule has 0 fully saturated rings. The summed E-state index contributed by atoms with van der Waals surface area (Å²) in [4.78, 5) is 0. The maximum absolute atomic E-state index is 14.0. The molecule has 2 aromatic rings. The van der Waals surface area contributed by atoms with E-state index in [1.807, 2.05) is 33.8 Å². The highest BCUT2D eigenvalue weighted by Gasteiger charge is 2.22. The average Bonchev–Trinajstić information content (AvgIpc) is 2.40. The van der Waals surface area contributed by atoms with Crippen LogP contribution in [0.1, 0.15) is 39.5 Å². The largest absolute Gasteiger partial charge is 0.384 e. The number of aliphatic hydroxyl groups excluding tert-OH is 1. The molecular weight excluding hydrogens is 294 g/mol. The SMILES string of the molecule is Cc1cc(C)c(C)c(C(O)c2cc(F)c(Cl)cc2F)c1C. The van der Waals surface area contributed by atoms with Crippen LogP contribution in [-0.4, -0.2) is 5.11 Å². The Balaban J connectivity index is 2.66. The highest BCUT2D eigenvalue weighted by atomic mass is 35.5. The van der Waals surface area contributed by atoms with Gasteiger partial charge in [-0.15, -0.1) is 0 Å². The predicted octanol–water partition coefficient (Wildman–Crippen LogP) is 4.93. The van der Waals surface area contributed by atoms with Crippen LogP contribution in [0.4, 0.5) is 8.78 Å². The molecule has 0 saturated heterocycles. The molecule has 0 bridgehead atoms. The van der Waals surface area contributed by atoms with Crippen LogP contribution in [-0.2, 0) is 0 Å². The quantitative estimate of drug-likeness (QED) is 0.779. The number of hydrogen-bond donors (Lipinski definition) is 1. The number of aliphatic hydroxyl groups is 1. The Bertz CT molecular complexity index is 684. The summed E-state index contributed by atoms with van der Waals surface area (Å²) in [6, 6.07) is 3.86. The van der Waals surface area contributed by atoms with E-state index in [2.05, 4.69) is 0 Å². The Morgan fingerprint density at radius 3 is 1.95 bits per heavy atom. The Morgan fingerprint density at radius 2 is 1.43 bits per heavy atom. The van der Waals surface area contributed by atoms with Crippen LogP contribution < -0.4 is 0 Å². The van der Waals surface area contributed by atoms with Crippen LogP contribution in [0.2, 0.25) is 5.02 Å². The van der Waals surface area contributed by atoms with Gasteiger partial charge >= 0.3 is 0 Å². The zero-order chi connectivity index (χ0) is 15.9. The van der Waals surface area contributed by atoms with Crippen LogP contribution >= 0.6 is 11.6 Å². The topological polar surface area (TPSA) is 20.2 Å². The molecule has 4 heteroatoms. The van der Waals surface area contributed by atoms with Crippen molar-refractivity contribution in [2.24, 2.45) is 0 Å². The van der Waals surface area contributed by atoms with E-state index in [0.29, 0.717) is 5.56 Å². The van der Waals surface area contributed by atoms with Gasteiger partial charge < -0.3 is 5.11 Å². The van der Waals surface area contributed by atoms with E-state index < -0.39 is 17.7 Å². The van der Waals surface area contributed by atoms with E-state index in [0.717, 1.165) is 34.4 Å². The maximum Gasteiger partial charge on any atom is 0.142 e. The van der Waals surface area contributed by atoms with Gasteiger partial charge in [-0.05, 0) is 67.6 Å². The number of halogens is 3. The van der Waals surface area contributed by atoms with Crippen molar-refractivity contribution in [1.29, 1.82) is 0 Å². The van der Waals surface area contributed by atoms with Crippen LogP contribution in [0.3, 0.4) is 0 Å². The number of benzene rings is 2. The van der Waals surface area contributed by atoms with Gasteiger partial charge in [0.15, 0.2) is 0 Å². The first-order valence-electron chi connectivity index (χ1n) is 6.63. The summed E-state index contributed by atoms with van der Waals surface area (Å²) in [6.07, 6.45) is -1.23. The molecule has 0 aliphatic carbocycles. The Kier molecular flexibility index (Phi) is 4.35. The lowest BCUT2D eigenvalue weighted by atomic mass is 9.88. The van der Waals surface area contributed by atoms with Crippen LogP contribution in [0.25, 0.3) is 0 Å². The van der Waals surface area contributed by atoms with Gasteiger partial charge in [-0.1, -0.05) is 17.7 Å². The number of rotatable bonds is 2. The smallest absolute Gasteiger partial charge is 0.142 e. The summed E-state index contributed by atoms with van der Waals surface area (Å²) < 4.78 is 27.6. The van der Waals surface area contributed by atoms with E-state index in [9.17, 15) is 13.9 Å². The molecule has 0 aliphatic heterocycles. The maximum atomic E-state index is 14.0. The first-order valence-corrected chi connectivity index (χ1v) is 7.01. The lowest BCUT2D eigenvalue weighted by Gasteiger charge is -2.21. The second-order valence-electron chi connectivity index (χ2n) is 5.36. The third kappa shape index (κ3) is 2.81. The number of hydrogen-bond acceptors (Lipinski definition) is 1. The predicted molar refractivity (Wildman–Crippen MR) is 80.8 cm³/mol. The minimum absolute atomic E-state index is 0.104. The third-order valence-corrected chi connectivity index (χ3v) is 4.32. The zero-order valence-electron chi connectivity index (χ0n) is 12.4. The minimum Gasteiger partial charge on any atom is -0.384 e.